The summed E-state index contributed by atoms with van der Waals surface area (Å²) >= 11 is 7.36. The number of anilines is 1. The number of ether oxygens (including phenoxy) is 2. The molecule has 0 aromatic carbocycles. The fraction of sp³-hybridized carbons (Fsp3) is 0.700. The first-order valence-corrected chi connectivity index (χ1v) is 11.2. The molecule has 1 aromatic rings. The summed E-state index contributed by atoms with van der Waals surface area (Å²) in [5.74, 6) is -0.232. The molecule has 1 fully saturated rings. The minimum absolute atomic E-state index is 0.140. The van der Waals surface area contributed by atoms with Gasteiger partial charge in [0, 0.05) is 18.0 Å². The highest BCUT2D eigenvalue weighted by Gasteiger charge is 2.28. The predicted molar refractivity (Wildman–Crippen MR) is 114 cm³/mol. The maximum Gasteiger partial charge on any atom is 0.341 e. The predicted octanol–water partition coefficient (Wildman–Crippen LogP) is 4.39. The molecule has 5 nitrogen and oxygen atoms in total. The van der Waals surface area contributed by atoms with Crippen LogP contribution in [-0.2, 0) is 22.3 Å². The Morgan fingerprint density at radius 3 is 2.56 bits per heavy atom. The van der Waals surface area contributed by atoms with Gasteiger partial charge in [0.05, 0.1) is 24.4 Å². The normalized spacial score (nSPS) is 23.1. The van der Waals surface area contributed by atoms with Crippen molar-refractivity contribution in [2.45, 2.75) is 71.5 Å². The van der Waals surface area contributed by atoms with Crippen LogP contribution < -0.4 is 5.32 Å². The number of aryl methyl sites for hydroxylation is 1. The number of hydrogen-bond donors (Lipinski definition) is 1. The Kier molecular flexibility index (Phi) is 7.11. The molecule has 2 aliphatic rings. The molecule has 1 N–H and O–H groups in total. The first kappa shape index (κ1) is 20.6. The van der Waals surface area contributed by atoms with Gasteiger partial charge >= 0.3 is 5.97 Å². The molecule has 27 heavy (non-hydrogen) atoms. The number of carbonyl (C=O) groups is 1. The third-order valence-electron chi connectivity index (χ3n) is 5.08. The van der Waals surface area contributed by atoms with Crippen molar-refractivity contribution in [2.24, 2.45) is 0 Å². The Morgan fingerprint density at radius 1 is 1.22 bits per heavy atom. The minimum atomic E-state index is -0.232. The molecular weight excluding hydrogens is 380 g/mol. The van der Waals surface area contributed by atoms with Crippen molar-refractivity contribution >= 4 is 39.6 Å². The van der Waals surface area contributed by atoms with Gasteiger partial charge in [-0.15, -0.1) is 11.3 Å². The molecule has 1 aliphatic carbocycles. The number of esters is 1. The van der Waals surface area contributed by atoms with E-state index in [2.05, 4.69) is 24.1 Å². The molecule has 0 saturated carbocycles. The molecule has 0 radical (unpaired) electrons. The lowest BCUT2D eigenvalue weighted by Gasteiger charge is -2.36. The average Bonchev–Trinajstić information content (AvgIpc) is 2.90. The Hall–Kier alpha value is -1.18. The van der Waals surface area contributed by atoms with Gasteiger partial charge in [-0.3, -0.25) is 0 Å². The third-order valence-corrected chi connectivity index (χ3v) is 6.65. The van der Waals surface area contributed by atoms with Gasteiger partial charge in [0.25, 0.3) is 0 Å². The number of thiocarbonyl (C=S) groups is 1. The molecule has 150 valence electrons. The Labute approximate surface area is 171 Å². The zero-order valence-corrected chi connectivity index (χ0v) is 18.1. The van der Waals surface area contributed by atoms with Crippen molar-refractivity contribution in [2.75, 3.05) is 25.0 Å². The van der Waals surface area contributed by atoms with E-state index in [0.717, 1.165) is 37.4 Å². The largest absolute Gasteiger partial charge is 0.462 e. The lowest BCUT2D eigenvalue weighted by molar-refractivity contribution is -0.0473. The van der Waals surface area contributed by atoms with Crippen LogP contribution in [0.3, 0.4) is 0 Å². The first-order valence-electron chi connectivity index (χ1n) is 10.0. The highest BCUT2D eigenvalue weighted by molar-refractivity contribution is 7.80. The van der Waals surface area contributed by atoms with E-state index in [9.17, 15) is 4.79 Å². The van der Waals surface area contributed by atoms with Crippen molar-refractivity contribution in [1.29, 1.82) is 0 Å². The van der Waals surface area contributed by atoms with E-state index in [1.54, 1.807) is 11.3 Å². The number of hydrogen-bond acceptors (Lipinski definition) is 5. The number of nitrogens with zero attached hydrogens (tertiary/aromatic N) is 1. The van der Waals surface area contributed by atoms with Crippen LogP contribution >= 0.6 is 23.6 Å². The molecule has 0 unspecified atom stereocenters. The monoisotopic (exact) mass is 410 g/mol. The Balaban J connectivity index is 1.85. The summed E-state index contributed by atoms with van der Waals surface area (Å²) in [6.07, 6.45) is 7.05. The van der Waals surface area contributed by atoms with E-state index in [-0.39, 0.29) is 18.2 Å². The summed E-state index contributed by atoms with van der Waals surface area (Å²) in [6, 6.07) is 0. The fourth-order valence-electron chi connectivity index (χ4n) is 3.95. The number of thiophene rings is 1. The summed E-state index contributed by atoms with van der Waals surface area (Å²) in [4.78, 5) is 16.2. The van der Waals surface area contributed by atoms with E-state index in [1.807, 2.05) is 6.92 Å². The number of morpholine rings is 1. The molecule has 1 saturated heterocycles. The number of carbonyl (C=O) groups excluding carboxylic acids is 1. The van der Waals surface area contributed by atoms with Gasteiger partial charge in [-0.1, -0.05) is 12.8 Å². The molecule has 0 bridgehead atoms. The molecule has 2 heterocycles. The van der Waals surface area contributed by atoms with E-state index in [1.165, 1.54) is 29.7 Å². The van der Waals surface area contributed by atoms with Gasteiger partial charge in [0.15, 0.2) is 5.11 Å². The van der Waals surface area contributed by atoms with Crippen LogP contribution in [0.15, 0.2) is 0 Å². The molecule has 1 aromatic heterocycles. The van der Waals surface area contributed by atoms with Crippen molar-refractivity contribution in [1.82, 2.24) is 4.90 Å². The third kappa shape index (κ3) is 5.00. The quantitative estimate of drug-likeness (QED) is 0.589. The summed E-state index contributed by atoms with van der Waals surface area (Å²) in [5.41, 5.74) is 1.88. The molecule has 1 aliphatic heterocycles. The molecule has 2 atom stereocenters. The highest BCUT2D eigenvalue weighted by Crippen LogP contribution is 2.38. The zero-order valence-electron chi connectivity index (χ0n) is 16.5. The summed E-state index contributed by atoms with van der Waals surface area (Å²) < 4.78 is 11.2. The highest BCUT2D eigenvalue weighted by atomic mass is 32.1. The van der Waals surface area contributed by atoms with Crippen LogP contribution in [0.4, 0.5) is 5.00 Å². The summed E-state index contributed by atoms with van der Waals surface area (Å²) in [5, 5.41) is 4.89. The second-order valence-corrected chi connectivity index (χ2v) is 8.93. The van der Waals surface area contributed by atoms with Gasteiger partial charge < -0.3 is 19.7 Å². The maximum absolute atomic E-state index is 12.7. The average molecular weight is 411 g/mol. The van der Waals surface area contributed by atoms with E-state index >= 15 is 0 Å². The summed E-state index contributed by atoms with van der Waals surface area (Å²) in [6.45, 7) is 7.87. The molecular formula is C20H30N2O3S2. The lowest BCUT2D eigenvalue weighted by Crippen LogP contribution is -2.49. The van der Waals surface area contributed by atoms with Gasteiger partial charge in [0.1, 0.15) is 5.00 Å². The standard InChI is InChI=1S/C20H30N2O3S2/c1-4-24-19(23)17-15-9-7-5-6-8-10-16(15)27-18(17)21-20(26)22-11-13(2)25-14(3)12-22/h13-14H,4-12H2,1-3H3,(H,21,26)/t13-,14-/m1/s1. The fourth-order valence-corrected chi connectivity index (χ4v) is 5.54. The Bertz CT molecular complexity index is 679. The first-order chi connectivity index (χ1) is 13.0. The van der Waals surface area contributed by atoms with Crippen molar-refractivity contribution < 1.29 is 14.3 Å². The van der Waals surface area contributed by atoms with Crippen molar-refractivity contribution in [3.63, 3.8) is 0 Å². The van der Waals surface area contributed by atoms with Gasteiger partial charge in [0.2, 0.25) is 0 Å². The van der Waals surface area contributed by atoms with E-state index in [0.29, 0.717) is 17.3 Å². The maximum atomic E-state index is 12.7. The second-order valence-electron chi connectivity index (χ2n) is 7.44. The van der Waals surface area contributed by atoms with Gasteiger partial charge in [-0.25, -0.2) is 4.79 Å². The topological polar surface area (TPSA) is 50.8 Å². The number of nitrogens with one attached hydrogen (secondary N) is 1. The number of rotatable bonds is 3. The Morgan fingerprint density at radius 2 is 1.89 bits per heavy atom. The molecule has 7 heteroatoms. The smallest absolute Gasteiger partial charge is 0.341 e. The van der Waals surface area contributed by atoms with Gasteiger partial charge in [-0.05, 0) is 64.2 Å². The molecule has 3 rings (SSSR count). The van der Waals surface area contributed by atoms with Crippen molar-refractivity contribution in [3.8, 4) is 0 Å². The van der Waals surface area contributed by atoms with Crippen LogP contribution in [0.5, 0.6) is 0 Å². The van der Waals surface area contributed by atoms with Crippen LogP contribution in [0, 0.1) is 0 Å². The minimum Gasteiger partial charge on any atom is -0.462 e. The second kappa shape index (κ2) is 9.34. The summed E-state index contributed by atoms with van der Waals surface area (Å²) in [7, 11) is 0. The molecule has 0 spiro atoms. The lowest BCUT2D eigenvalue weighted by atomic mass is 9.96. The number of fused-ring (bicyclic) bond motifs is 1. The zero-order chi connectivity index (χ0) is 19.4. The van der Waals surface area contributed by atoms with Crippen LogP contribution in [0.25, 0.3) is 0 Å². The van der Waals surface area contributed by atoms with Crippen molar-refractivity contribution in [3.05, 3.63) is 16.0 Å². The van der Waals surface area contributed by atoms with Crippen LogP contribution in [0.2, 0.25) is 0 Å². The van der Waals surface area contributed by atoms with E-state index in [4.69, 9.17) is 21.7 Å². The molecule has 0 amide bonds. The SMILES string of the molecule is CCOC(=O)c1c(NC(=S)N2C[C@@H](C)O[C@H](C)C2)sc2c1CCCCCC2. The van der Waals surface area contributed by atoms with Crippen LogP contribution in [-0.4, -0.2) is 47.9 Å². The van der Waals surface area contributed by atoms with Gasteiger partial charge in [-0.2, -0.15) is 0 Å². The van der Waals surface area contributed by atoms with Crippen LogP contribution in [0.1, 0.15) is 67.3 Å². The van der Waals surface area contributed by atoms with E-state index < -0.39 is 0 Å².